The number of aryl methyl sites for hydroxylation is 1. The summed E-state index contributed by atoms with van der Waals surface area (Å²) in [6.45, 7) is 6.30. The summed E-state index contributed by atoms with van der Waals surface area (Å²) in [5.74, 6) is 0.239. The van der Waals surface area contributed by atoms with Crippen molar-refractivity contribution in [3.8, 4) is 11.1 Å². The van der Waals surface area contributed by atoms with Gasteiger partial charge in [0.15, 0.2) is 0 Å². The number of hydrogen-bond acceptors (Lipinski definition) is 10. The Morgan fingerprint density at radius 1 is 1.08 bits per heavy atom. The average molecular weight is 671 g/mol. The van der Waals surface area contributed by atoms with E-state index in [0.29, 0.717) is 40.3 Å². The molecule has 2 N–H and O–H groups in total. The normalized spacial score (nSPS) is 27.2. The molecule has 1 saturated carbocycles. The second-order valence-electron chi connectivity index (χ2n) is 14.0. The maximum absolute atomic E-state index is 15.7. The van der Waals surface area contributed by atoms with Gasteiger partial charge in [0.2, 0.25) is 0 Å². The van der Waals surface area contributed by atoms with Gasteiger partial charge in [-0.1, -0.05) is 12.8 Å². The fourth-order valence-corrected chi connectivity index (χ4v) is 8.45. The van der Waals surface area contributed by atoms with Crippen molar-refractivity contribution in [1.29, 1.82) is 0 Å². The second-order valence-corrected chi connectivity index (χ2v) is 14.0. The predicted molar refractivity (Wildman–Crippen MR) is 184 cm³/mol. The molecule has 5 aliphatic rings. The minimum atomic E-state index is -1.26. The summed E-state index contributed by atoms with van der Waals surface area (Å²) in [7, 11) is 1.66. The lowest BCUT2D eigenvalue weighted by molar-refractivity contribution is -0.123. The number of carbonyl (C=O) groups excluding carboxylic acids is 1. The van der Waals surface area contributed by atoms with E-state index >= 15 is 4.39 Å². The summed E-state index contributed by atoms with van der Waals surface area (Å²) in [4.78, 5) is 44.4. The molecule has 12 nitrogen and oxygen atoms in total. The van der Waals surface area contributed by atoms with E-state index in [4.69, 9.17) is 4.74 Å². The fourth-order valence-electron chi connectivity index (χ4n) is 8.45. The molecular formula is C36H43FN8O4. The highest BCUT2D eigenvalue weighted by atomic mass is 19.1. The van der Waals surface area contributed by atoms with Gasteiger partial charge in [-0.25, -0.2) is 14.4 Å². The number of anilines is 4. The van der Waals surface area contributed by atoms with Crippen LogP contribution in [0, 0.1) is 5.92 Å². The molecule has 3 saturated heterocycles. The summed E-state index contributed by atoms with van der Waals surface area (Å²) in [6.07, 6.45) is 11.0. The standard InChI is InChI=1S/C36H43FN8O4/c1-22-17-42(25-20-49-21-25)11-12-43(22)24-7-8-31(39-16-24)40-29-15-23(18-41(2)35(29)47)26-9-10-38-34(28(26)19-46)45-14-13-44-30-6-4-3-5-27(30)32(37)33(44)36(45)48/h7-10,13-16,18,22,25,27,30,32-33,46H,3-6,11-12,17,19-21H2,1-2H3,(H,39,40)/t22-,27?,30?,32?,33?/m0/s1. The number of nitrogens with zero attached hydrogens (tertiary/aromatic N) is 7. The van der Waals surface area contributed by atoms with Crippen LogP contribution in [0.2, 0.25) is 0 Å². The molecular weight excluding hydrogens is 627 g/mol. The Morgan fingerprint density at radius 2 is 1.92 bits per heavy atom. The van der Waals surface area contributed by atoms with Gasteiger partial charge in [-0.15, -0.1) is 0 Å². The lowest BCUT2D eigenvalue weighted by atomic mass is 9.84. The first-order valence-corrected chi connectivity index (χ1v) is 17.4. The van der Waals surface area contributed by atoms with E-state index < -0.39 is 18.8 Å². The van der Waals surface area contributed by atoms with Crippen LogP contribution in [0.3, 0.4) is 0 Å². The number of rotatable bonds is 7. The quantitative estimate of drug-likeness (QED) is 0.387. The predicted octanol–water partition coefficient (Wildman–Crippen LogP) is 3.39. The maximum atomic E-state index is 15.7. The van der Waals surface area contributed by atoms with Gasteiger partial charge in [0, 0.05) is 80.6 Å². The molecule has 1 aliphatic carbocycles. The highest BCUT2D eigenvalue weighted by molar-refractivity contribution is 6.01. The van der Waals surface area contributed by atoms with Crippen LogP contribution in [-0.4, -0.2) is 98.5 Å². The average Bonchev–Trinajstić information content (AvgIpc) is 3.38. The third kappa shape index (κ3) is 5.57. The Kier molecular flexibility index (Phi) is 8.37. The van der Waals surface area contributed by atoms with Crippen LogP contribution < -0.4 is 20.7 Å². The lowest BCUT2D eigenvalue weighted by Gasteiger charge is -2.46. The van der Waals surface area contributed by atoms with Crippen molar-refractivity contribution in [2.24, 2.45) is 13.0 Å². The number of alkyl halides is 1. The minimum Gasteiger partial charge on any atom is -0.392 e. The number of ether oxygens (including phenoxy) is 1. The summed E-state index contributed by atoms with van der Waals surface area (Å²) >= 11 is 0. The Morgan fingerprint density at radius 3 is 2.65 bits per heavy atom. The highest BCUT2D eigenvalue weighted by Gasteiger charge is 2.54. The number of nitrogens with one attached hydrogen (secondary N) is 1. The molecule has 7 heterocycles. The van der Waals surface area contributed by atoms with Crippen molar-refractivity contribution in [1.82, 2.24) is 24.3 Å². The van der Waals surface area contributed by atoms with Gasteiger partial charge in [-0.05, 0) is 49.6 Å². The van der Waals surface area contributed by atoms with Crippen molar-refractivity contribution in [3.05, 3.63) is 71.2 Å². The molecule has 1 amide bonds. The maximum Gasteiger partial charge on any atom is 0.274 e. The van der Waals surface area contributed by atoms with Crippen molar-refractivity contribution in [3.63, 3.8) is 0 Å². The smallest absolute Gasteiger partial charge is 0.274 e. The van der Waals surface area contributed by atoms with Crippen molar-refractivity contribution in [2.45, 2.75) is 69.6 Å². The first kappa shape index (κ1) is 31.9. The van der Waals surface area contributed by atoms with E-state index in [1.165, 1.54) is 9.47 Å². The first-order valence-electron chi connectivity index (χ1n) is 17.4. The van der Waals surface area contributed by atoms with Gasteiger partial charge < -0.3 is 29.5 Å². The summed E-state index contributed by atoms with van der Waals surface area (Å²) in [5, 5.41) is 13.8. The Hall–Kier alpha value is -4.33. The van der Waals surface area contributed by atoms with Gasteiger partial charge in [0.25, 0.3) is 11.5 Å². The van der Waals surface area contributed by atoms with Crippen LogP contribution in [-0.2, 0) is 23.2 Å². The number of hydrogen-bond donors (Lipinski definition) is 2. The molecule has 0 spiro atoms. The SMILES string of the molecule is C[C@H]1CN(C2COC2)CCN1c1ccc(Nc2cc(-c3ccnc(N4C=CN5C6CCCCC6C(F)C5C4=O)c3CO)cn(C)c2=O)nc1. The third-order valence-corrected chi connectivity index (χ3v) is 11.1. The molecule has 4 unspecified atom stereocenters. The van der Waals surface area contributed by atoms with Crippen LogP contribution in [0.5, 0.6) is 0 Å². The molecule has 0 radical (unpaired) electrons. The molecule has 4 aliphatic heterocycles. The number of pyridine rings is 3. The van der Waals surface area contributed by atoms with Crippen LogP contribution >= 0.6 is 0 Å². The Labute approximate surface area is 284 Å². The number of piperazine rings is 1. The molecule has 5 atom stereocenters. The number of aromatic nitrogens is 3. The molecule has 258 valence electrons. The Bertz CT molecular complexity index is 1810. The molecule has 4 fully saturated rings. The van der Waals surface area contributed by atoms with Gasteiger partial charge in [0.1, 0.15) is 29.5 Å². The Balaban J connectivity index is 1.04. The zero-order valence-corrected chi connectivity index (χ0v) is 27.9. The van der Waals surface area contributed by atoms with E-state index in [-0.39, 0.29) is 29.2 Å². The van der Waals surface area contributed by atoms with E-state index in [1.807, 2.05) is 29.4 Å². The monoisotopic (exact) mass is 670 g/mol. The number of halogens is 1. The van der Waals surface area contributed by atoms with Crippen LogP contribution in [0.4, 0.5) is 27.4 Å². The number of fused-ring (bicyclic) bond motifs is 3. The first-order chi connectivity index (χ1) is 23.8. The van der Waals surface area contributed by atoms with Crippen molar-refractivity contribution >= 4 is 28.9 Å². The molecule has 13 heteroatoms. The van der Waals surface area contributed by atoms with Gasteiger partial charge in [-0.2, -0.15) is 0 Å². The molecule has 0 aromatic carbocycles. The van der Waals surface area contributed by atoms with Gasteiger partial charge in [0.05, 0.1) is 37.7 Å². The minimum absolute atomic E-state index is 0.0294. The van der Waals surface area contributed by atoms with E-state index in [1.54, 1.807) is 37.8 Å². The molecule has 0 bridgehead atoms. The van der Waals surface area contributed by atoms with E-state index in [0.717, 1.165) is 64.2 Å². The molecule has 49 heavy (non-hydrogen) atoms. The zero-order chi connectivity index (χ0) is 33.8. The second kappa shape index (κ2) is 12.8. The van der Waals surface area contributed by atoms with Crippen molar-refractivity contribution < 1.29 is 19.0 Å². The third-order valence-electron chi connectivity index (χ3n) is 11.1. The fraction of sp³-hybridized carbons (Fsp3) is 0.500. The summed E-state index contributed by atoms with van der Waals surface area (Å²) < 4.78 is 22.6. The van der Waals surface area contributed by atoms with Gasteiger partial charge >= 0.3 is 0 Å². The van der Waals surface area contributed by atoms with Crippen LogP contribution in [0.1, 0.15) is 38.2 Å². The van der Waals surface area contributed by atoms with Crippen molar-refractivity contribution in [2.75, 3.05) is 48.0 Å². The number of carbonyl (C=O) groups is 1. The number of aliphatic hydroxyl groups is 1. The van der Waals surface area contributed by atoms with Crippen LogP contribution in [0.15, 0.2) is 60.1 Å². The van der Waals surface area contributed by atoms with E-state index in [9.17, 15) is 14.7 Å². The topological polar surface area (TPSA) is 119 Å². The lowest BCUT2D eigenvalue weighted by Crippen LogP contribution is -2.59. The molecule has 8 rings (SSSR count). The summed E-state index contributed by atoms with van der Waals surface area (Å²) in [6, 6.07) is 7.34. The largest absolute Gasteiger partial charge is 0.392 e. The summed E-state index contributed by atoms with van der Waals surface area (Å²) in [5.41, 5.74) is 2.75. The van der Waals surface area contributed by atoms with Crippen LogP contribution in [0.25, 0.3) is 11.1 Å². The highest BCUT2D eigenvalue weighted by Crippen LogP contribution is 2.44. The van der Waals surface area contributed by atoms with Gasteiger partial charge in [-0.3, -0.25) is 19.4 Å². The molecule has 3 aromatic rings. The zero-order valence-electron chi connectivity index (χ0n) is 27.9. The molecule has 3 aromatic heterocycles. The number of amides is 1. The van der Waals surface area contributed by atoms with E-state index in [2.05, 4.69) is 32.0 Å². The number of aliphatic hydroxyl groups excluding tert-OH is 1.